The average molecular weight is 469 g/mol. The summed E-state index contributed by atoms with van der Waals surface area (Å²) >= 11 is 0. The van der Waals surface area contributed by atoms with E-state index in [0.717, 1.165) is 33.7 Å². The third kappa shape index (κ3) is 4.94. The van der Waals surface area contributed by atoms with Gasteiger partial charge in [-0.05, 0) is 42.3 Å². The maximum absolute atomic E-state index is 11.5. The molecule has 0 spiro atoms. The lowest BCUT2D eigenvalue weighted by Crippen LogP contribution is -2.08. The average Bonchev–Trinajstić information content (AvgIpc) is 3.45. The van der Waals surface area contributed by atoms with E-state index in [1.807, 2.05) is 85.8 Å². The minimum Gasteiger partial charge on any atom is -0.487 e. The molecule has 0 fully saturated rings. The SMILES string of the molecule is Cc1oc(-c2ccccc2)nc1COc1ccc(CO/N=C2\CC(C(=O)O)c3ccccc32)cc1. The monoisotopic (exact) mass is 468 g/mol. The number of aryl methyl sites for hydroxylation is 1. The molecular weight excluding hydrogens is 444 g/mol. The van der Waals surface area contributed by atoms with Gasteiger partial charge in [0.2, 0.25) is 5.89 Å². The number of oxazole rings is 1. The van der Waals surface area contributed by atoms with Gasteiger partial charge in [0, 0.05) is 17.5 Å². The Balaban J connectivity index is 1.17. The molecule has 7 heteroatoms. The Hall–Kier alpha value is -4.39. The summed E-state index contributed by atoms with van der Waals surface area (Å²) in [5.41, 5.74) is 4.87. The number of aromatic nitrogens is 1. The Labute approximate surface area is 202 Å². The second-order valence-corrected chi connectivity index (χ2v) is 8.31. The lowest BCUT2D eigenvalue weighted by Gasteiger charge is -2.06. The van der Waals surface area contributed by atoms with Crippen molar-refractivity contribution in [3.05, 3.63) is 107 Å². The van der Waals surface area contributed by atoms with Crippen LogP contribution in [0.2, 0.25) is 0 Å². The second-order valence-electron chi connectivity index (χ2n) is 8.31. The molecule has 35 heavy (non-hydrogen) atoms. The summed E-state index contributed by atoms with van der Waals surface area (Å²) < 4.78 is 11.7. The van der Waals surface area contributed by atoms with Crippen LogP contribution in [0, 0.1) is 6.92 Å². The zero-order valence-corrected chi connectivity index (χ0v) is 19.2. The van der Waals surface area contributed by atoms with Crippen LogP contribution in [0.1, 0.15) is 40.5 Å². The van der Waals surface area contributed by atoms with Crippen LogP contribution in [0.4, 0.5) is 0 Å². The van der Waals surface area contributed by atoms with Gasteiger partial charge in [-0.25, -0.2) is 4.98 Å². The van der Waals surface area contributed by atoms with Gasteiger partial charge >= 0.3 is 5.97 Å². The van der Waals surface area contributed by atoms with Crippen LogP contribution in [-0.2, 0) is 22.8 Å². The molecule has 1 atom stereocenters. The molecule has 0 saturated heterocycles. The first kappa shape index (κ1) is 22.4. The smallest absolute Gasteiger partial charge is 0.311 e. The zero-order valence-electron chi connectivity index (χ0n) is 19.2. The molecular formula is C28H24N2O5. The summed E-state index contributed by atoms with van der Waals surface area (Å²) in [7, 11) is 0. The van der Waals surface area contributed by atoms with Gasteiger partial charge in [0.15, 0.2) is 0 Å². The number of hydrogen-bond donors (Lipinski definition) is 1. The molecule has 1 heterocycles. The van der Waals surface area contributed by atoms with E-state index in [4.69, 9.17) is 14.0 Å². The molecule has 3 aromatic carbocycles. The molecule has 0 radical (unpaired) electrons. The standard InChI is InChI=1S/C28H24N2O5/c1-18-26(29-27(35-18)20-7-3-2-4-8-20)17-33-21-13-11-19(12-14-21)16-34-30-25-15-24(28(31)32)22-9-5-6-10-23(22)25/h2-14,24H,15-17H2,1H3,(H,31,32)/b30-25+. The Morgan fingerprint density at radius 2 is 1.77 bits per heavy atom. The zero-order chi connectivity index (χ0) is 24.2. The van der Waals surface area contributed by atoms with Crippen molar-refractivity contribution in [2.24, 2.45) is 5.16 Å². The molecule has 0 bridgehead atoms. The van der Waals surface area contributed by atoms with Crippen molar-refractivity contribution in [3.63, 3.8) is 0 Å². The lowest BCUT2D eigenvalue weighted by atomic mass is 10.0. The van der Waals surface area contributed by atoms with Crippen molar-refractivity contribution in [1.29, 1.82) is 0 Å². The Bertz CT molecular complexity index is 1360. The molecule has 1 aromatic heterocycles. The molecule has 0 amide bonds. The minimum absolute atomic E-state index is 0.270. The number of hydrogen-bond acceptors (Lipinski definition) is 6. The number of nitrogens with zero attached hydrogens (tertiary/aromatic N) is 2. The second kappa shape index (κ2) is 9.85. The van der Waals surface area contributed by atoms with E-state index in [0.29, 0.717) is 30.4 Å². The van der Waals surface area contributed by atoms with Crippen LogP contribution in [0.15, 0.2) is 88.4 Å². The van der Waals surface area contributed by atoms with Crippen molar-refractivity contribution >= 4 is 11.7 Å². The van der Waals surface area contributed by atoms with Crippen LogP contribution in [-0.4, -0.2) is 21.8 Å². The van der Waals surface area contributed by atoms with E-state index in [1.165, 1.54) is 0 Å². The summed E-state index contributed by atoms with van der Waals surface area (Å²) in [4.78, 5) is 21.7. The number of rotatable bonds is 8. The van der Waals surface area contributed by atoms with E-state index in [9.17, 15) is 9.90 Å². The predicted molar refractivity (Wildman–Crippen MR) is 130 cm³/mol. The van der Waals surface area contributed by atoms with Crippen LogP contribution in [0.5, 0.6) is 5.75 Å². The van der Waals surface area contributed by atoms with Crippen LogP contribution in [0.25, 0.3) is 11.5 Å². The third-order valence-corrected chi connectivity index (χ3v) is 5.96. The fraction of sp³-hybridized carbons (Fsp3) is 0.179. The van der Waals surface area contributed by atoms with Crippen LogP contribution in [0.3, 0.4) is 0 Å². The highest BCUT2D eigenvalue weighted by atomic mass is 16.6. The van der Waals surface area contributed by atoms with Gasteiger partial charge in [0.25, 0.3) is 0 Å². The van der Waals surface area contributed by atoms with E-state index in [2.05, 4.69) is 10.1 Å². The number of fused-ring (bicyclic) bond motifs is 1. The fourth-order valence-corrected chi connectivity index (χ4v) is 4.07. The largest absolute Gasteiger partial charge is 0.487 e. The number of aliphatic carboxylic acids is 1. The van der Waals surface area contributed by atoms with Crippen molar-refractivity contribution < 1.29 is 23.9 Å². The molecule has 7 nitrogen and oxygen atoms in total. The highest BCUT2D eigenvalue weighted by molar-refractivity contribution is 6.08. The number of carboxylic acids is 1. The molecule has 1 unspecified atom stereocenters. The van der Waals surface area contributed by atoms with Gasteiger partial charge in [-0.15, -0.1) is 0 Å². The molecule has 176 valence electrons. The number of oxime groups is 1. The van der Waals surface area contributed by atoms with Crippen molar-refractivity contribution in [2.75, 3.05) is 0 Å². The summed E-state index contributed by atoms with van der Waals surface area (Å²) in [6.45, 7) is 2.45. The molecule has 5 rings (SSSR count). The first-order valence-corrected chi connectivity index (χ1v) is 11.3. The Kier molecular flexibility index (Phi) is 6.30. The molecule has 1 N–H and O–H groups in total. The van der Waals surface area contributed by atoms with Crippen molar-refractivity contribution in [2.45, 2.75) is 32.5 Å². The molecule has 1 aliphatic rings. The Morgan fingerprint density at radius 3 is 2.54 bits per heavy atom. The molecule has 0 aliphatic heterocycles. The van der Waals surface area contributed by atoms with Gasteiger partial charge < -0.3 is 19.1 Å². The number of carbonyl (C=O) groups is 1. The van der Waals surface area contributed by atoms with Crippen molar-refractivity contribution in [3.8, 4) is 17.2 Å². The van der Waals surface area contributed by atoms with Gasteiger partial charge in [-0.2, -0.15) is 0 Å². The first-order chi connectivity index (χ1) is 17.1. The maximum atomic E-state index is 11.5. The van der Waals surface area contributed by atoms with Gasteiger partial charge in [-0.1, -0.05) is 59.8 Å². The highest BCUT2D eigenvalue weighted by Gasteiger charge is 2.33. The van der Waals surface area contributed by atoms with E-state index < -0.39 is 11.9 Å². The van der Waals surface area contributed by atoms with Gasteiger partial charge in [0.05, 0.1) is 11.6 Å². The Morgan fingerprint density at radius 1 is 1.03 bits per heavy atom. The highest BCUT2D eigenvalue weighted by Crippen LogP contribution is 2.33. The minimum atomic E-state index is -0.852. The normalized spacial score (nSPS) is 15.7. The first-order valence-electron chi connectivity index (χ1n) is 11.3. The van der Waals surface area contributed by atoms with Crippen molar-refractivity contribution in [1.82, 2.24) is 4.98 Å². The predicted octanol–water partition coefficient (Wildman–Crippen LogP) is 5.72. The van der Waals surface area contributed by atoms with E-state index >= 15 is 0 Å². The number of carboxylic acid groups (broad SMARTS) is 1. The molecule has 0 saturated carbocycles. The van der Waals surface area contributed by atoms with E-state index in [1.54, 1.807) is 0 Å². The summed E-state index contributed by atoms with van der Waals surface area (Å²) in [5, 5.41) is 13.7. The van der Waals surface area contributed by atoms with Gasteiger partial charge in [-0.3, -0.25) is 4.79 Å². The van der Waals surface area contributed by atoms with Crippen LogP contribution >= 0.6 is 0 Å². The number of benzene rings is 3. The molecule has 4 aromatic rings. The molecule has 1 aliphatic carbocycles. The third-order valence-electron chi connectivity index (χ3n) is 5.96. The number of ether oxygens (including phenoxy) is 1. The lowest BCUT2D eigenvalue weighted by molar-refractivity contribution is -0.138. The quantitative estimate of drug-likeness (QED) is 0.332. The fourth-order valence-electron chi connectivity index (χ4n) is 4.07. The summed E-state index contributed by atoms with van der Waals surface area (Å²) in [6.07, 6.45) is 0.328. The maximum Gasteiger partial charge on any atom is 0.311 e. The van der Waals surface area contributed by atoms with Gasteiger partial charge in [0.1, 0.15) is 30.4 Å². The van der Waals surface area contributed by atoms with Crippen LogP contribution < -0.4 is 4.74 Å². The summed E-state index contributed by atoms with van der Waals surface area (Å²) in [6, 6.07) is 24.7. The topological polar surface area (TPSA) is 94.2 Å². The summed E-state index contributed by atoms with van der Waals surface area (Å²) in [5.74, 6) is 0.581. The van der Waals surface area contributed by atoms with E-state index in [-0.39, 0.29) is 6.61 Å².